The van der Waals surface area contributed by atoms with Crippen molar-refractivity contribution in [1.82, 2.24) is 10.2 Å². The summed E-state index contributed by atoms with van der Waals surface area (Å²) < 4.78 is 4.81. The molecule has 0 saturated carbocycles. The van der Waals surface area contributed by atoms with E-state index in [4.69, 9.17) is 10.5 Å². The van der Waals surface area contributed by atoms with E-state index in [0.29, 0.717) is 19.4 Å². The maximum absolute atomic E-state index is 13.1. The van der Waals surface area contributed by atoms with Gasteiger partial charge in [0, 0.05) is 13.0 Å². The van der Waals surface area contributed by atoms with Crippen molar-refractivity contribution in [1.29, 1.82) is 0 Å². The molecule has 1 saturated heterocycles. The van der Waals surface area contributed by atoms with Gasteiger partial charge in [-0.05, 0) is 32.3 Å². The van der Waals surface area contributed by atoms with Gasteiger partial charge in [0.1, 0.15) is 12.1 Å². The van der Waals surface area contributed by atoms with Gasteiger partial charge < -0.3 is 20.7 Å². The number of methoxy groups -OCH3 is 1. The first-order valence-corrected chi connectivity index (χ1v) is 8.76. The van der Waals surface area contributed by atoms with Crippen LogP contribution in [0.3, 0.4) is 0 Å². The highest BCUT2D eigenvalue weighted by atomic mass is 16.5. The highest BCUT2D eigenvalue weighted by Crippen LogP contribution is 2.20. The molecule has 2 amide bonds. The summed E-state index contributed by atoms with van der Waals surface area (Å²) in [7, 11) is 1.31. The van der Waals surface area contributed by atoms with Crippen LogP contribution in [0.2, 0.25) is 0 Å². The maximum atomic E-state index is 13.1. The molecule has 1 aliphatic heterocycles. The van der Waals surface area contributed by atoms with Crippen molar-refractivity contribution < 1.29 is 19.1 Å². The first kappa shape index (κ1) is 19.9. The van der Waals surface area contributed by atoms with Gasteiger partial charge in [0.25, 0.3) is 0 Å². The number of hydrogen-bond donors (Lipinski definition) is 2. The van der Waals surface area contributed by atoms with Crippen LogP contribution in [0.4, 0.5) is 0 Å². The van der Waals surface area contributed by atoms with E-state index in [9.17, 15) is 14.4 Å². The first-order valence-electron chi connectivity index (χ1n) is 8.76. The Bertz CT molecular complexity index is 654. The number of carbonyl (C=O) groups excluding carboxylic acids is 3. The number of nitrogens with two attached hydrogens (primary N) is 1. The predicted octanol–water partition coefficient (Wildman–Crippen LogP) is 0.615. The number of nitrogens with one attached hydrogen (secondary N) is 1. The van der Waals surface area contributed by atoms with E-state index in [1.165, 1.54) is 12.0 Å². The fourth-order valence-electron chi connectivity index (χ4n) is 3.01. The van der Waals surface area contributed by atoms with E-state index in [0.717, 1.165) is 12.0 Å². The molecule has 2 atom stereocenters. The average Bonchev–Trinajstić information content (AvgIpc) is 3.09. The maximum Gasteiger partial charge on any atom is 0.328 e. The van der Waals surface area contributed by atoms with Crippen LogP contribution in [-0.2, 0) is 25.5 Å². The summed E-state index contributed by atoms with van der Waals surface area (Å²) >= 11 is 0. The van der Waals surface area contributed by atoms with E-state index in [2.05, 4.69) is 5.32 Å². The van der Waals surface area contributed by atoms with E-state index in [1.807, 2.05) is 30.3 Å². The van der Waals surface area contributed by atoms with Gasteiger partial charge in [-0.3, -0.25) is 9.59 Å². The molecule has 0 aromatic heterocycles. The minimum atomic E-state index is -1.11. The van der Waals surface area contributed by atoms with E-state index in [1.54, 1.807) is 13.8 Å². The number of carbonyl (C=O) groups is 3. The highest BCUT2D eigenvalue weighted by molar-refractivity contribution is 5.93. The summed E-state index contributed by atoms with van der Waals surface area (Å²) in [5.41, 5.74) is 5.66. The van der Waals surface area contributed by atoms with Crippen molar-refractivity contribution in [2.24, 2.45) is 5.73 Å². The molecule has 7 nitrogen and oxygen atoms in total. The van der Waals surface area contributed by atoms with Gasteiger partial charge in [0.15, 0.2) is 0 Å². The van der Waals surface area contributed by atoms with Crippen molar-refractivity contribution >= 4 is 17.8 Å². The van der Waals surface area contributed by atoms with Crippen LogP contribution in [0, 0.1) is 0 Å². The van der Waals surface area contributed by atoms with Crippen molar-refractivity contribution in [2.75, 3.05) is 13.7 Å². The minimum Gasteiger partial charge on any atom is -0.467 e. The fraction of sp³-hybridized carbons (Fsp3) is 0.526. The molecule has 1 fully saturated rings. The predicted molar refractivity (Wildman–Crippen MR) is 97.1 cm³/mol. The molecular weight excluding hydrogens is 334 g/mol. The lowest BCUT2D eigenvalue weighted by molar-refractivity contribution is -0.152. The zero-order chi connectivity index (χ0) is 19.3. The standard InChI is InChI=1S/C19H27N3O4/c1-19(2,20)18(25)21-14(12-13-8-5-4-6-9-13)16(23)22-11-7-10-15(22)17(24)26-3/h4-6,8-9,14-15H,7,10-12,20H2,1-3H3,(H,21,25)/t14-,15+/m0/s1. The molecule has 3 N–H and O–H groups in total. The largest absolute Gasteiger partial charge is 0.467 e. The van der Waals surface area contributed by atoms with Crippen LogP contribution in [0.5, 0.6) is 0 Å². The topological polar surface area (TPSA) is 102 Å². The molecule has 1 aromatic carbocycles. The SMILES string of the molecule is COC(=O)[C@H]1CCCN1C(=O)[C@H](Cc1ccccc1)NC(=O)C(C)(C)N. The lowest BCUT2D eigenvalue weighted by Gasteiger charge is -2.29. The summed E-state index contributed by atoms with van der Waals surface area (Å²) in [4.78, 5) is 38.9. The number of ether oxygens (including phenoxy) is 1. The van der Waals surface area contributed by atoms with Gasteiger partial charge >= 0.3 is 5.97 Å². The van der Waals surface area contributed by atoms with E-state index >= 15 is 0 Å². The molecule has 1 aromatic rings. The number of amides is 2. The molecule has 1 heterocycles. The molecule has 0 radical (unpaired) electrons. The second-order valence-electron chi connectivity index (χ2n) is 7.15. The number of esters is 1. The van der Waals surface area contributed by atoms with Crippen LogP contribution in [0.1, 0.15) is 32.3 Å². The molecule has 1 aliphatic rings. The van der Waals surface area contributed by atoms with Gasteiger partial charge in [-0.1, -0.05) is 30.3 Å². The molecule has 2 rings (SSSR count). The Morgan fingerprint density at radius 2 is 1.96 bits per heavy atom. The Balaban J connectivity index is 2.22. The van der Waals surface area contributed by atoms with Gasteiger partial charge in [0.2, 0.25) is 11.8 Å². The Kier molecular flexibility index (Phi) is 6.37. The van der Waals surface area contributed by atoms with Gasteiger partial charge in [0.05, 0.1) is 12.6 Å². The third kappa shape index (κ3) is 4.82. The number of nitrogens with zero attached hydrogens (tertiary/aromatic N) is 1. The molecule has 7 heteroatoms. The van der Waals surface area contributed by atoms with Crippen LogP contribution in [0.25, 0.3) is 0 Å². The highest BCUT2D eigenvalue weighted by Gasteiger charge is 2.39. The molecule has 26 heavy (non-hydrogen) atoms. The Labute approximate surface area is 153 Å². The zero-order valence-electron chi connectivity index (χ0n) is 15.5. The molecular formula is C19H27N3O4. The van der Waals surface area contributed by atoms with Crippen molar-refractivity contribution in [3.63, 3.8) is 0 Å². The smallest absolute Gasteiger partial charge is 0.328 e. The van der Waals surface area contributed by atoms with Crippen LogP contribution >= 0.6 is 0 Å². The lowest BCUT2D eigenvalue weighted by Crippen LogP contribution is -2.58. The Morgan fingerprint density at radius 3 is 2.54 bits per heavy atom. The van der Waals surface area contributed by atoms with E-state index < -0.39 is 29.5 Å². The van der Waals surface area contributed by atoms with Crippen molar-refractivity contribution in [2.45, 2.75) is 50.7 Å². The summed E-state index contributed by atoms with van der Waals surface area (Å²) in [6, 6.07) is 8.02. The normalized spacial score (nSPS) is 18.3. The second-order valence-corrected chi connectivity index (χ2v) is 7.15. The Morgan fingerprint density at radius 1 is 1.31 bits per heavy atom. The molecule has 0 bridgehead atoms. The van der Waals surface area contributed by atoms with Crippen molar-refractivity contribution in [3.8, 4) is 0 Å². The average molecular weight is 361 g/mol. The number of hydrogen-bond acceptors (Lipinski definition) is 5. The third-order valence-corrected chi connectivity index (χ3v) is 4.48. The zero-order valence-corrected chi connectivity index (χ0v) is 15.5. The molecule has 0 aliphatic carbocycles. The number of rotatable bonds is 6. The van der Waals surface area contributed by atoms with Crippen LogP contribution in [-0.4, -0.2) is 54.0 Å². The lowest BCUT2D eigenvalue weighted by atomic mass is 10.0. The first-order chi connectivity index (χ1) is 12.2. The number of benzene rings is 1. The third-order valence-electron chi connectivity index (χ3n) is 4.48. The Hall–Kier alpha value is -2.41. The minimum absolute atomic E-state index is 0.292. The molecule has 0 spiro atoms. The van der Waals surface area contributed by atoms with Crippen LogP contribution in [0.15, 0.2) is 30.3 Å². The summed E-state index contributed by atoms with van der Waals surface area (Å²) in [5.74, 6) is -1.14. The van der Waals surface area contributed by atoms with E-state index in [-0.39, 0.29) is 5.91 Å². The fourth-order valence-corrected chi connectivity index (χ4v) is 3.01. The second kappa shape index (κ2) is 8.31. The summed E-state index contributed by atoms with van der Waals surface area (Å²) in [5, 5.41) is 2.75. The summed E-state index contributed by atoms with van der Waals surface area (Å²) in [6.07, 6.45) is 1.61. The molecule has 142 valence electrons. The van der Waals surface area contributed by atoms with Crippen LogP contribution < -0.4 is 11.1 Å². The van der Waals surface area contributed by atoms with Gasteiger partial charge in [-0.2, -0.15) is 0 Å². The van der Waals surface area contributed by atoms with Gasteiger partial charge in [-0.15, -0.1) is 0 Å². The number of likely N-dealkylation sites (tertiary alicyclic amines) is 1. The quantitative estimate of drug-likeness (QED) is 0.723. The monoisotopic (exact) mass is 361 g/mol. The summed E-state index contributed by atoms with van der Waals surface area (Å²) in [6.45, 7) is 3.63. The van der Waals surface area contributed by atoms with Gasteiger partial charge in [-0.25, -0.2) is 4.79 Å². The van der Waals surface area contributed by atoms with Crippen molar-refractivity contribution in [3.05, 3.63) is 35.9 Å². The molecule has 0 unspecified atom stereocenters.